The van der Waals surface area contributed by atoms with Crippen LogP contribution in [-0.2, 0) is 0 Å². The molecule has 28 heavy (non-hydrogen) atoms. The molecule has 0 unspecified atom stereocenters. The number of H-pyrrole nitrogens is 1. The lowest BCUT2D eigenvalue weighted by Gasteiger charge is -2.12. The summed E-state index contributed by atoms with van der Waals surface area (Å²) in [6.07, 6.45) is 0. The number of carbonyl (C=O) groups is 1. The van der Waals surface area contributed by atoms with Crippen LogP contribution < -0.4 is 25.2 Å². The van der Waals surface area contributed by atoms with E-state index in [0.717, 1.165) is 0 Å². The van der Waals surface area contributed by atoms with Crippen LogP contribution in [0.1, 0.15) is 10.5 Å². The number of ether oxygens (including phenoxy) is 3. The number of rotatable bonds is 6. The molecule has 3 aromatic rings. The summed E-state index contributed by atoms with van der Waals surface area (Å²) in [5.74, 6) is 1.20. The van der Waals surface area contributed by atoms with Crippen LogP contribution in [-0.4, -0.2) is 37.2 Å². The first-order valence-electron chi connectivity index (χ1n) is 8.33. The van der Waals surface area contributed by atoms with Crippen molar-refractivity contribution in [2.45, 2.75) is 0 Å². The summed E-state index contributed by atoms with van der Waals surface area (Å²) in [4.78, 5) is 31.0. The van der Waals surface area contributed by atoms with Gasteiger partial charge < -0.3 is 24.5 Å². The van der Waals surface area contributed by atoms with Crippen LogP contribution in [0.3, 0.4) is 0 Å². The van der Waals surface area contributed by atoms with Crippen molar-refractivity contribution in [2.75, 3.05) is 26.6 Å². The van der Waals surface area contributed by atoms with Crippen LogP contribution in [0.25, 0.3) is 11.3 Å². The molecule has 0 atom stereocenters. The zero-order valence-electron chi connectivity index (χ0n) is 15.6. The third kappa shape index (κ3) is 4.12. The van der Waals surface area contributed by atoms with E-state index >= 15 is 0 Å². The Labute approximate surface area is 161 Å². The zero-order chi connectivity index (χ0) is 20.1. The van der Waals surface area contributed by atoms with Gasteiger partial charge in [-0.3, -0.25) is 4.79 Å². The van der Waals surface area contributed by atoms with Gasteiger partial charge >= 0.3 is 5.69 Å². The highest BCUT2D eigenvalue weighted by molar-refractivity contribution is 6.04. The van der Waals surface area contributed by atoms with Gasteiger partial charge in [0.15, 0.2) is 0 Å². The first-order valence-corrected chi connectivity index (χ1v) is 8.33. The molecular weight excluding hydrogens is 362 g/mol. The molecule has 8 heteroatoms. The Bertz CT molecular complexity index is 1040. The Morgan fingerprint density at radius 3 is 2.25 bits per heavy atom. The molecule has 2 aromatic carbocycles. The maximum atomic E-state index is 12.7. The summed E-state index contributed by atoms with van der Waals surface area (Å²) in [5, 5.41) is 2.72. The van der Waals surface area contributed by atoms with Gasteiger partial charge in [0.1, 0.15) is 22.9 Å². The molecule has 8 nitrogen and oxygen atoms in total. The molecule has 1 amide bonds. The molecule has 2 N–H and O–H groups in total. The van der Waals surface area contributed by atoms with Crippen molar-refractivity contribution in [2.24, 2.45) is 0 Å². The summed E-state index contributed by atoms with van der Waals surface area (Å²) in [6, 6.07) is 13.5. The number of anilines is 1. The van der Waals surface area contributed by atoms with Crippen molar-refractivity contribution >= 4 is 11.6 Å². The summed E-state index contributed by atoms with van der Waals surface area (Å²) < 4.78 is 15.5. The Kier molecular flexibility index (Phi) is 5.59. The molecule has 1 aromatic heterocycles. The predicted molar refractivity (Wildman–Crippen MR) is 104 cm³/mol. The van der Waals surface area contributed by atoms with Crippen molar-refractivity contribution in [1.82, 2.24) is 9.97 Å². The molecule has 0 spiro atoms. The van der Waals surface area contributed by atoms with E-state index < -0.39 is 11.6 Å². The van der Waals surface area contributed by atoms with Crippen molar-refractivity contribution in [1.29, 1.82) is 0 Å². The van der Waals surface area contributed by atoms with Crippen molar-refractivity contribution in [3.8, 4) is 28.5 Å². The van der Waals surface area contributed by atoms with Crippen LogP contribution in [0.15, 0.2) is 53.3 Å². The highest BCUT2D eigenvalue weighted by atomic mass is 16.5. The van der Waals surface area contributed by atoms with Crippen LogP contribution >= 0.6 is 0 Å². The van der Waals surface area contributed by atoms with E-state index in [-0.39, 0.29) is 5.69 Å². The van der Waals surface area contributed by atoms with Crippen LogP contribution in [0.5, 0.6) is 17.2 Å². The lowest BCUT2D eigenvalue weighted by molar-refractivity contribution is 0.102. The largest absolute Gasteiger partial charge is 0.497 e. The fraction of sp³-hybridized carbons (Fsp3) is 0.150. The average molecular weight is 381 g/mol. The van der Waals surface area contributed by atoms with Gasteiger partial charge in [0, 0.05) is 11.6 Å². The Morgan fingerprint density at radius 1 is 0.929 bits per heavy atom. The molecule has 0 fully saturated rings. The molecule has 0 aliphatic rings. The fourth-order valence-corrected chi connectivity index (χ4v) is 2.58. The van der Waals surface area contributed by atoms with Crippen LogP contribution in [0.2, 0.25) is 0 Å². The third-order valence-electron chi connectivity index (χ3n) is 4.03. The number of hydrogen-bond donors (Lipinski definition) is 2. The van der Waals surface area contributed by atoms with E-state index in [1.54, 1.807) is 49.6 Å². The van der Waals surface area contributed by atoms with Gasteiger partial charge in [0.2, 0.25) is 0 Å². The molecule has 144 valence electrons. The number of nitrogens with zero attached hydrogens (tertiary/aromatic N) is 1. The number of benzene rings is 2. The van der Waals surface area contributed by atoms with E-state index in [1.807, 2.05) is 0 Å². The SMILES string of the molecule is COc1ccc(-c2cc(C(=O)Nc3ccc(OC)cc3OC)[nH]c(=O)n2)cc1. The molecule has 0 aliphatic carbocycles. The molecule has 0 aliphatic heterocycles. The zero-order valence-corrected chi connectivity index (χ0v) is 15.6. The lowest BCUT2D eigenvalue weighted by Crippen LogP contribution is -2.21. The smallest absolute Gasteiger partial charge is 0.346 e. The Balaban J connectivity index is 1.90. The van der Waals surface area contributed by atoms with E-state index in [4.69, 9.17) is 14.2 Å². The van der Waals surface area contributed by atoms with Gasteiger partial charge in [-0.15, -0.1) is 0 Å². The standard InChI is InChI=1S/C20H19N3O5/c1-26-13-6-4-12(5-7-13)16-11-17(23-20(25)22-16)19(24)21-15-9-8-14(27-2)10-18(15)28-3/h4-11H,1-3H3,(H,21,24)(H,22,23,25). The van der Waals surface area contributed by atoms with E-state index in [1.165, 1.54) is 20.3 Å². The minimum Gasteiger partial charge on any atom is -0.497 e. The minimum atomic E-state index is -0.625. The van der Waals surface area contributed by atoms with Gasteiger partial charge in [0.05, 0.1) is 32.7 Å². The topological polar surface area (TPSA) is 103 Å². The van der Waals surface area contributed by atoms with E-state index in [0.29, 0.717) is 34.2 Å². The van der Waals surface area contributed by atoms with Crippen molar-refractivity contribution in [3.05, 3.63) is 64.7 Å². The van der Waals surface area contributed by atoms with Gasteiger partial charge in [-0.05, 0) is 42.5 Å². The average Bonchev–Trinajstić information content (AvgIpc) is 2.73. The number of hydrogen-bond acceptors (Lipinski definition) is 6. The predicted octanol–water partition coefficient (Wildman–Crippen LogP) is 2.71. The van der Waals surface area contributed by atoms with Gasteiger partial charge in [-0.25, -0.2) is 4.79 Å². The quantitative estimate of drug-likeness (QED) is 0.681. The Morgan fingerprint density at radius 2 is 1.61 bits per heavy atom. The second kappa shape index (κ2) is 8.26. The molecular formula is C20H19N3O5. The number of carbonyl (C=O) groups excluding carboxylic acids is 1. The fourth-order valence-electron chi connectivity index (χ4n) is 2.58. The number of amides is 1. The normalized spacial score (nSPS) is 10.2. The van der Waals surface area contributed by atoms with Gasteiger partial charge in [0.25, 0.3) is 5.91 Å². The summed E-state index contributed by atoms with van der Waals surface area (Å²) >= 11 is 0. The summed E-state index contributed by atoms with van der Waals surface area (Å²) in [6.45, 7) is 0. The van der Waals surface area contributed by atoms with Crippen molar-refractivity contribution in [3.63, 3.8) is 0 Å². The molecule has 3 rings (SSSR count). The summed E-state index contributed by atoms with van der Waals surface area (Å²) in [7, 11) is 4.59. The van der Waals surface area contributed by atoms with Crippen LogP contribution in [0.4, 0.5) is 5.69 Å². The maximum absolute atomic E-state index is 12.7. The maximum Gasteiger partial charge on any atom is 0.346 e. The number of methoxy groups -OCH3 is 3. The number of nitrogens with one attached hydrogen (secondary N) is 2. The minimum absolute atomic E-state index is 0.0729. The lowest BCUT2D eigenvalue weighted by atomic mass is 10.1. The first-order chi connectivity index (χ1) is 13.5. The molecule has 1 heterocycles. The molecule has 0 bridgehead atoms. The van der Waals surface area contributed by atoms with Gasteiger partial charge in [-0.2, -0.15) is 4.98 Å². The van der Waals surface area contributed by atoms with E-state index in [9.17, 15) is 9.59 Å². The highest BCUT2D eigenvalue weighted by Gasteiger charge is 2.14. The molecule has 0 saturated heterocycles. The number of aromatic nitrogens is 2. The van der Waals surface area contributed by atoms with Crippen molar-refractivity contribution < 1.29 is 19.0 Å². The first kappa shape index (κ1) is 19.0. The third-order valence-corrected chi connectivity index (χ3v) is 4.03. The summed E-state index contributed by atoms with van der Waals surface area (Å²) in [5.41, 5.74) is 0.946. The Hall–Kier alpha value is -3.81. The van der Waals surface area contributed by atoms with Gasteiger partial charge in [-0.1, -0.05) is 0 Å². The second-order valence-corrected chi connectivity index (χ2v) is 5.73. The number of aromatic amines is 1. The van der Waals surface area contributed by atoms with E-state index in [2.05, 4.69) is 15.3 Å². The molecule has 0 saturated carbocycles. The second-order valence-electron chi connectivity index (χ2n) is 5.73. The highest BCUT2D eigenvalue weighted by Crippen LogP contribution is 2.29. The molecule has 0 radical (unpaired) electrons. The monoisotopic (exact) mass is 381 g/mol. The van der Waals surface area contributed by atoms with Crippen LogP contribution in [0, 0.1) is 0 Å².